The molecule has 0 saturated heterocycles. The molecular formula is C25H29N3O4. The largest absolute Gasteiger partial charge is 0.456 e. The van der Waals surface area contributed by atoms with Crippen LogP contribution in [0.25, 0.3) is 11.0 Å². The number of para-hydroxylation sites is 2. The fourth-order valence-corrected chi connectivity index (χ4v) is 3.49. The minimum absolute atomic E-state index is 0.0180. The van der Waals surface area contributed by atoms with E-state index in [9.17, 15) is 14.4 Å². The molecule has 0 aliphatic rings. The quantitative estimate of drug-likeness (QED) is 0.492. The van der Waals surface area contributed by atoms with Gasteiger partial charge in [0.1, 0.15) is 5.69 Å². The van der Waals surface area contributed by atoms with Crippen LogP contribution in [0.3, 0.4) is 0 Å². The van der Waals surface area contributed by atoms with Gasteiger partial charge in [0, 0.05) is 13.0 Å². The zero-order valence-corrected chi connectivity index (χ0v) is 18.5. The lowest BCUT2D eigenvalue weighted by Crippen LogP contribution is -2.31. The molecule has 1 atom stereocenters. The zero-order valence-electron chi connectivity index (χ0n) is 18.5. The van der Waals surface area contributed by atoms with Crippen LogP contribution in [-0.4, -0.2) is 28.0 Å². The Labute approximate surface area is 187 Å². The predicted octanol–water partition coefficient (Wildman–Crippen LogP) is 3.55. The highest BCUT2D eigenvalue weighted by Crippen LogP contribution is 2.12. The van der Waals surface area contributed by atoms with Crippen molar-refractivity contribution >= 4 is 22.9 Å². The van der Waals surface area contributed by atoms with Crippen LogP contribution >= 0.6 is 0 Å². The van der Waals surface area contributed by atoms with E-state index in [1.165, 1.54) is 0 Å². The van der Waals surface area contributed by atoms with Crippen LogP contribution in [0.4, 0.5) is 0 Å². The summed E-state index contributed by atoms with van der Waals surface area (Å²) in [5.41, 5.74) is 2.63. The molecule has 1 amide bonds. The van der Waals surface area contributed by atoms with Crippen molar-refractivity contribution in [2.24, 2.45) is 0 Å². The van der Waals surface area contributed by atoms with Crippen LogP contribution in [0, 0.1) is 0 Å². The molecule has 0 bridgehead atoms. The van der Waals surface area contributed by atoms with Crippen LogP contribution in [0.5, 0.6) is 0 Å². The molecule has 1 heterocycles. The number of fused-ring (bicyclic) bond motifs is 1. The van der Waals surface area contributed by atoms with Gasteiger partial charge < -0.3 is 14.6 Å². The highest BCUT2D eigenvalue weighted by molar-refractivity contribution is 5.81. The number of unbranched alkanes of at least 4 members (excludes halogenated alkanes) is 1. The van der Waals surface area contributed by atoms with Crippen molar-refractivity contribution in [3.63, 3.8) is 0 Å². The fraction of sp³-hybridized carbons (Fsp3) is 0.360. The SMILES string of the molecule is CCCCn1c(=O)c(CCC(=O)OCC(=O)NC(C)c2ccccc2)nc2ccccc21. The Kier molecular flexibility index (Phi) is 8.14. The van der Waals surface area contributed by atoms with Crippen molar-refractivity contribution in [3.8, 4) is 0 Å². The Hall–Kier alpha value is -3.48. The maximum absolute atomic E-state index is 12.9. The van der Waals surface area contributed by atoms with Gasteiger partial charge in [0.05, 0.1) is 23.5 Å². The number of aryl methyl sites for hydroxylation is 2. The number of esters is 1. The van der Waals surface area contributed by atoms with Gasteiger partial charge >= 0.3 is 5.97 Å². The Bertz CT molecular complexity index is 1120. The molecule has 0 spiro atoms. The summed E-state index contributed by atoms with van der Waals surface area (Å²) in [6.45, 7) is 4.18. The summed E-state index contributed by atoms with van der Waals surface area (Å²) < 4.78 is 6.82. The van der Waals surface area contributed by atoms with Crippen LogP contribution < -0.4 is 10.9 Å². The first kappa shape index (κ1) is 23.2. The highest BCUT2D eigenvalue weighted by atomic mass is 16.5. The molecular weight excluding hydrogens is 406 g/mol. The van der Waals surface area contributed by atoms with Gasteiger partial charge in [-0.25, -0.2) is 4.98 Å². The maximum Gasteiger partial charge on any atom is 0.306 e. The lowest BCUT2D eigenvalue weighted by Gasteiger charge is -2.14. The van der Waals surface area contributed by atoms with Crippen molar-refractivity contribution in [2.45, 2.75) is 52.1 Å². The minimum Gasteiger partial charge on any atom is -0.456 e. The van der Waals surface area contributed by atoms with Gasteiger partial charge in [0.25, 0.3) is 11.5 Å². The average molecular weight is 436 g/mol. The Morgan fingerprint density at radius 1 is 1.09 bits per heavy atom. The number of nitrogens with one attached hydrogen (secondary N) is 1. The van der Waals surface area contributed by atoms with Crippen molar-refractivity contribution < 1.29 is 14.3 Å². The molecule has 0 aliphatic carbocycles. The summed E-state index contributed by atoms with van der Waals surface area (Å²) in [6, 6.07) is 16.8. The van der Waals surface area contributed by atoms with E-state index >= 15 is 0 Å². The van der Waals surface area contributed by atoms with E-state index in [4.69, 9.17) is 4.74 Å². The molecule has 0 aliphatic heterocycles. The highest BCUT2D eigenvalue weighted by Gasteiger charge is 2.15. The number of aromatic nitrogens is 2. The molecule has 7 heteroatoms. The third kappa shape index (κ3) is 6.03. The zero-order chi connectivity index (χ0) is 22.9. The molecule has 3 aromatic rings. The average Bonchev–Trinajstić information content (AvgIpc) is 2.81. The molecule has 1 aromatic heterocycles. The summed E-state index contributed by atoms with van der Waals surface area (Å²) in [5.74, 6) is -0.914. The van der Waals surface area contributed by atoms with E-state index in [2.05, 4.69) is 17.2 Å². The van der Waals surface area contributed by atoms with Crippen LogP contribution in [0.1, 0.15) is 50.4 Å². The minimum atomic E-state index is -0.540. The lowest BCUT2D eigenvalue weighted by molar-refractivity contribution is -0.148. The van der Waals surface area contributed by atoms with Gasteiger partial charge in [-0.1, -0.05) is 55.8 Å². The predicted molar refractivity (Wildman–Crippen MR) is 123 cm³/mol. The van der Waals surface area contributed by atoms with Crippen molar-refractivity contribution in [3.05, 3.63) is 76.2 Å². The van der Waals surface area contributed by atoms with Crippen LogP contribution in [0.2, 0.25) is 0 Å². The standard InChI is InChI=1S/C25H29N3O4/c1-3-4-16-28-22-13-9-8-12-20(22)27-21(25(28)31)14-15-24(30)32-17-23(29)26-18(2)19-10-6-5-7-11-19/h5-13,18H,3-4,14-17H2,1-2H3,(H,26,29). The van der Waals surface area contributed by atoms with Gasteiger partial charge in [-0.15, -0.1) is 0 Å². The van der Waals surface area contributed by atoms with Gasteiger partial charge in [-0.05, 0) is 31.0 Å². The number of hydrogen-bond donors (Lipinski definition) is 1. The Morgan fingerprint density at radius 3 is 2.56 bits per heavy atom. The van der Waals surface area contributed by atoms with Crippen LogP contribution in [-0.2, 0) is 27.3 Å². The first-order valence-corrected chi connectivity index (χ1v) is 11.0. The first-order valence-electron chi connectivity index (χ1n) is 11.0. The number of ether oxygens (including phenoxy) is 1. The molecule has 7 nitrogen and oxygen atoms in total. The third-order valence-electron chi connectivity index (χ3n) is 5.26. The van der Waals surface area contributed by atoms with E-state index in [0.717, 1.165) is 29.4 Å². The third-order valence-corrected chi connectivity index (χ3v) is 5.26. The second-order valence-electron chi connectivity index (χ2n) is 7.72. The summed E-state index contributed by atoms with van der Waals surface area (Å²) in [7, 11) is 0. The smallest absolute Gasteiger partial charge is 0.306 e. The second kappa shape index (κ2) is 11.2. The number of carbonyl (C=O) groups excluding carboxylic acids is 2. The monoisotopic (exact) mass is 435 g/mol. The van der Waals surface area contributed by atoms with Gasteiger partial charge in [-0.2, -0.15) is 0 Å². The Balaban J connectivity index is 1.57. The molecule has 32 heavy (non-hydrogen) atoms. The van der Waals surface area contributed by atoms with Crippen LogP contribution in [0.15, 0.2) is 59.4 Å². The molecule has 0 radical (unpaired) electrons. The molecule has 1 unspecified atom stereocenters. The summed E-state index contributed by atoms with van der Waals surface area (Å²) >= 11 is 0. The first-order chi connectivity index (χ1) is 15.5. The molecule has 2 aromatic carbocycles. The summed E-state index contributed by atoms with van der Waals surface area (Å²) in [4.78, 5) is 41.6. The number of hydrogen-bond acceptors (Lipinski definition) is 5. The molecule has 0 saturated carbocycles. The normalized spacial score (nSPS) is 11.8. The van der Waals surface area contributed by atoms with Gasteiger partial charge in [0.15, 0.2) is 6.61 Å². The van der Waals surface area contributed by atoms with Crippen molar-refractivity contribution in [1.82, 2.24) is 14.9 Å². The number of carbonyl (C=O) groups is 2. The summed E-state index contributed by atoms with van der Waals surface area (Å²) in [6.07, 6.45) is 1.99. The summed E-state index contributed by atoms with van der Waals surface area (Å²) in [5, 5.41) is 2.80. The molecule has 0 fully saturated rings. The van der Waals surface area contributed by atoms with E-state index in [1.807, 2.05) is 61.5 Å². The van der Waals surface area contributed by atoms with E-state index in [-0.39, 0.29) is 37.0 Å². The lowest BCUT2D eigenvalue weighted by atomic mass is 10.1. The number of benzene rings is 2. The molecule has 3 rings (SSSR count). The maximum atomic E-state index is 12.9. The number of rotatable bonds is 10. The number of nitrogens with zero attached hydrogens (tertiary/aromatic N) is 2. The van der Waals surface area contributed by atoms with Gasteiger partial charge in [0.2, 0.25) is 0 Å². The number of amides is 1. The molecule has 1 N–H and O–H groups in total. The van der Waals surface area contributed by atoms with Crippen molar-refractivity contribution in [1.29, 1.82) is 0 Å². The van der Waals surface area contributed by atoms with E-state index < -0.39 is 5.97 Å². The fourth-order valence-electron chi connectivity index (χ4n) is 3.49. The second-order valence-corrected chi connectivity index (χ2v) is 7.72. The van der Waals surface area contributed by atoms with E-state index in [0.29, 0.717) is 12.2 Å². The molecule has 168 valence electrons. The van der Waals surface area contributed by atoms with Crippen molar-refractivity contribution in [2.75, 3.05) is 6.61 Å². The van der Waals surface area contributed by atoms with Gasteiger partial charge in [-0.3, -0.25) is 14.4 Å². The topological polar surface area (TPSA) is 90.3 Å². The Morgan fingerprint density at radius 2 is 1.81 bits per heavy atom. The van der Waals surface area contributed by atoms with E-state index in [1.54, 1.807) is 4.57 Å².